The maximum absolute atomic E-state index is 14.2. The van der Waals surface area contributed by atoms with Crippen LogP contribution in [0.15, 0.2) is 11.8 Å². The number of benzene rings is 2. The monoisotopic (exact) mass is 550 g/mol. The average Bonchev–Trinajstić information content (AvgIpc) is 2.87. The summed E-state index contributed by atoms with van der Waals surface area (Å²) in [6.45, 7) is 3.89. The zero-order valence-electron chi connectivity index (χ0n) is 22.1. The minimum absolute atomic E-state index is 0.0443. The second-order valence-electron chi connectivity index (χ2n) is 10.9. The predicted molar refractivity (Wildman–Crippen MR) is 136 cm³/mol. The highest BCUT2D eigenvalue weighted by Gasteiger charge is 2.61. The van der Waals surface area contributed by atoms with Crippen molar-refractivity contribution in [3.05, 3.63) is 56.3 Å². The van der Waals surface area contributed by atoms with Crippen LogP contribution in [0.25, 0.3) is 0 Å². The number of phenolic OH excluding ortho intramolecular Hbond substituents is 4. The second-order valence-corrected chi connectivity index (χ2v) is 10.9. The van der Waals surface area contributed by atoms with E-state index in [2.05, 4.69) is 0 Å². The van der Waals surface area contributed by atoms with Crippen LogP contribution in [0.2, 0.25) is 0 Å². The molecule has 11 heteroatoms. The van der Waals surface area contributed by atoms with Gasteiger partial charge in [0.15, 0.2) is 23.1 Å². The van der Waals surface area contributed by atoms with Crippen LogP contribution in [0.5, 0.6) is 23.0 Å². The molecule has 2 aromatic rings. The maximum atomic E-state index is 14.2. The molecule has 0 unspecified atom stereocenters. The molecule has 0 amide bonds. The summed E-state index contributed by atoms with van der Waals surface area (Å²) < 4.78 is 4.92. The molecular weight excluding hydrogens is 524 g/mol. The van der Waals surface area contributed by atoms with E-state index in [4.69, 9.17) is 4.74 Å². The van der Waals surface area contributed by atoms with Gasteiger partial charge in [-0.1, -0.05) is 0 Å². The first-order valence-corrected chi connectivity index (χ1v) is 12.4. The lowest BCUT2D eigenvalue weighted by Gasteiger charge is -2.50. The van der Waals surface area contributed by atoms with Crippen molar-refractivity contribution in [2.75, 3.05) is 7.11 Å². The fourth-order valence-corrected chi connectivity index (χ4v) is 6.32. The van der Waals surface area contributed by atoms with Gasteiger partial charge in [-0.3, -0.25) is 24.0 Å². The third-order valence-electron chi connectivity index (χ3n) is 8.52. The van der Waals surface area contributed by atoms with Gasteiger partial charge in [0.25, 0.3) is 0 Å². The number of methoxy groups -OCH3 is 1. The van der Waals surface area contributed by atoms with Gasteiger partial charge in [-0.25, -0.2) is 0 Å². The molecule has 5 N–H and O–H groups in total. The second kappa shape index (κ2) is 8.49. The van der Waals surface area contributed by atoms with Crippen molar-refractivity contribution in [2.45, 2.75) is 52.1 Å². The lowest BCUT2D eigenvalue weighted by atomic mass is 9.53. The first kappa shape index (κ1) is 27.1. The van der Waals surface area contributed by atoms with Crippen LogP contribution in [0.3, 0.4) is 0 Å². The van der Waals surface area contributed by atoms with E-state index < -0.39 is 98.7 Å². The number of fused-ring (bicyclic) bond motifs is 3. The average molecular weight is 551 g/mol. The topological polar surface area (TPSA) is 196 Å². The predicted octanol–water partition coefficient (Wildman–Crippen LogP) is 2.16. The fraction of sp³-hybridized carbons (Fsp3) is 0.345. The third-order valence-corrected chi connectivity index (χ3v) is 8.52. The van der Waals surface area contributed by atoms with Crippen molar-refractivity contribution in [3.63, 3.8) is 0 Å². The Balaban J connectivity index is 1.76. The van der Waals surface area contributed by atoms with Gasteiger partial charge in [-0.15, -0.1) is 0 Å². The van der Waals surface area contributed by atoms with Gasteiger partial charge in [0, 0.05) is 42.0 Å². The largest absolute Gasteiger partial charge is 0.507 e. The van der Waals surface area contributed by atoms with Gasteiger partial charge >= 0.3 is 0 Å². The smallest absolute Gasteiger partial charge is 0.232 e. The number of ether oxygens (including phenoxy) is 1. The van der Waals surface area contributed by atoms with Crippen molar-refractivity contribution < 1.29 is 54.2 Å². The number of ketones is 5. The molecule has 0 bridgehead atoms. The van der Waals surface area contributed by atoms with Crippen molar-refractivity contribution >= 4 is 28.9 Å². The van der Waals surface area contributed by atoms with E-state index >= 15 is 0 Å². The quantitative estimate of drug-likeness (QED) is 0.351. The molecule has 0 aromatic heterocycles. The van der Waals surface area contributed by atoms with Crippen molar-refractivity contribution in [1.29, 1.82) is 0 Å². The Labute approximate surface area is 227 Å². The molecular formula is C29H26O11. The number of allylic oxidation sites excluding steroid dienone is 2. The number of carbonyl (C=O) groups is 5. The number of Topliss-reactive ketones (excluding diaryl/α,β-unsaturated/α-hetero) is 4. The Morgan fingerprint density at radius 3 is 2.08 bits per heavy atom. The van der Waals surface area contributed by atoms with Crippen LogP contribution in [0.4, 0.5) is 0 Å². The molecule has 0 radical (unpaired) electrons. The zero-order valence-corrected chi connectivity index (χ0v) is 22.1. The minimum atomic E-state index is -2.09. The summed E-state index contributed by atoms with van der Waals surface area (Å²) in [5, 5.41) is 56.0. The Morgan fingerprint density at radius 1 is 0.875 bits per heavy atom. The number of aliphatic hydroxyl groups is 1. The molecule has 0 saturated carbocycles. The van der Waals surface area contributed by atoms with Crippen LogP contribution in [0.1, 0.15) is 84.0 Å². The Morgan fingerprint density at radius 2 is 1.48 bits per heavy atom. The molecule has 3 aliphatic carbocycles. The van der Waals surface area contributed by atoms with E-state index in [-0.39, 0.29) is 40.2 Å². The van der Waals surface area contributed by atoms with Crippen LogP contribution in [0, 0.1) is 12.3 Å². The Kier molecular flexibility index (Phi) is 5.75. The summed E-state index contributed by atoms with van der Waals surface area (Å²) >= 11 is 0. The van der Waals surface area contributed by atoms with Gasteiger partial charge in [0.1, 0.15) is 28.8 Å². The van der Waals surface area contributed by atoms with Crippen LogP contribution in [-0.2, 0) is 28.8 Å². The van der Waals surface area contributed by atoms with Gasteiger partial charge in [0.2, 0.25) is 5.78 Å². The van der Waals surface area contributed by atoms with E-state index in [9.17, 15) is 49.5 Å². The minimum Gasteiger partial charge on any atom is -0.507 e. The van der Waals surface area contributed by atoms with Crippen LogP contribution in [-0.4, -0.2) is 67.2 Å². The van der Waals surface area contributed by atoms with E-state index in [0.717, 1.165) is 13.2 Å². The highest BCUT2D eigenvalue weighted by Crippen LogP contribution is 2.57. The van der Waals surface area contributed by atoms with Gasteiger partial charge < -0.3 is 30.3 Å². The van der Waals surface area contributed by atoms with E-state index in [1.54, 1.807) is 0 Å². The van der Waals surface area contributed by atoms with E-state index in [0.29, 0.717) is 0 Å². The lowest BCUT2D eigenvalue weighted by molar-refractivity contribution is -0.116. The molecule has 5 rings (SSSR count). The van der Waals surface area contributed by atoms with E-state index in [1.807, 2.05) is 0 Å². The van der Waals surface area contributed by atoms with Gasteiger partial charge in [-0.05, 0) is 32.8 Å². The van der Waals surface area contributed by atoms with E-state index in [1.165, 1.54) is 20.8 Å². The standard InChI is InChI=1S/C29H26O11/c1-10(30)5-12-11(2)22(33)19-16(32)9-29(27(38)21(19)23(12)34)8-14-13(7-28(29,3)39)25(36)20-18(24(14)35)15(31)6-17(40-4)26(20)37/h6,33-36,39H,5,7-9H2,1-4H3/t28-,29+/m1/s1. The summed E-state index contributed by atoms with van der Waals surface area (Å²) in [5.41, 5.74) is -6.30. The summed E-state index contributed by atoms with van der Waals surface area (Å²) in [6, 6.07) is 0. The normalized spacial score (nSPS) is 23.5. The number of phenols is 4. The van der Waals surface area contributed by atoms with Crippen molar-refractivity contribution in [1.82, 2.24) is 0 Å². The Bertz CT molecular complexity index is 1660. The van der Waals surface area contributed by atoms with Gasteiger partial charge in [0.05, 0.1) is 40.4 Å². The Hall–Kier alpha value is -4.51. The maximum Gasteiger partial charge on any atom is 0.232 e. The molecule has 0 aliphatic heterocycles. The number of hydrogen-bond acceptors (Lipinski definition) is 11. The molecule has 40 heavy (non-hydrogen) atoms. The molecule has 2 atom stereocenters. The summed E-state index contributed by atoms with van der Waals surface area (Å²) in [5.74, 6) is -6.73. The SMILES string of the molecule is COC1=CC(=O)c2c(O)c3c(c(O)c2C1=O)C[C@@](C)(O)[C@]1(CC(=O)c2c(O)c(C)c(CC(C)=O)c(O)c2C1=O)C3. The number of carbonyl (C=O) groups excluding carboxylic acids is 5. The molecule has 0 fully saturated rings. The number of aromatic hydroxyl groups is 4. The van der Waals surface area contributed by atoms with Crippen LogP contribution >= 0.6 is 0 Å². The fourth-order valence-electron chi connectivity index (χ4n) is 6.32. The first-order chi connectivity index (χ1) is 18.6. The summed E-state index contributed by atoms with van der Waals surface area (Å²) in [4.78, 5) is 65.3. The molecule has 3 aliphatic rings. The molecule has 0 saturated heterocycles. The first-order valence-electron chi connectivity index (χ1n) is 12.4. The highest BCUT2D eigenvalue weighted by atomic mass is 16.5. The molecule has 0 heterocycles. The number of rotatable bonds is 3. The zero-order chi connectivity index (χ0) is 29.6. The number of hydrogen-bond donors (Lipinski definition) is 5. The third kappa shape index (κ3) is 3.30. The lowest BCUT2D eigenvalue weighted by Crippen LogP contribution is -2.59. The molecule has 1 spiro atoms. The highest BCUT2D eigenvalue weighted by molar-refractivity contribution is 6.26. The molecule has 11 nitrogen and oxygen atoms in total. The molecule has 208 valence electrons. The summed E-state index contributed by atoms with van der Waals surface area (Å²) in [6.07, 6.45) is -1.18. The van der Waals surface area contributed by atoms with Crippen molar-refractivity contribution in [3.8, 4) is 23.0 Å². The summed E-state index contributed by atoms with van der Waals surface area (Å²) in [7, 11) is 1.16. The van der Waals surface area contributed by atoms with Gasteiger partial charge in [-0.2, -0.15) is 0 Å². The van der Waals surface area contributed by atoms with Crippen molar-refractivity contribution in [2.24, 2.45) is 5.41 Å². The van der Waals surface area contributed by atoms with Crippen LogP contribution < -0.4 is 0 Å². The molecule has 2 aromatic carbocycles.